The van der Waals surface area contributed by atoms with Crippen LogP contribution >= 0.6 is 0 Å². The van der Waals surface area contributed by atoms with Gasteiger partial charge in [0, 0.05) is 13.0 Å². The largest absolute Gasteiger partial charge is 1.00 e. The maximum Gasteiger partial charge on any atom is 1.00 e. The molecule has 0 aromatic heterocycles. The van der Waals surface area contributed by atoms with Crippen LogP contribution in [-0.4, -0.2) is 29.6 Å². The van der Waals surface area contributed by atoms with Gasteiger partial charge >= 0.3 is 35.5 Å². The summed E-state index contributed by atoms with van der Waals surface area (Å²) in [5.41, 5.74) is 5.42. The Labute approximate surface area is 184 Å². The van der Waals surface area contributed by atoms with E-state index in [1.165, 1.54) is 57.8 Å². The number of carboxylic acids is 1. The molecule has 4 N–H and O–H groups in total. The summed E-state index contributed by atoms with van der Waals surface area (Å²) in [7, 11) is 0. The fraction of sp³-hybridized carbons (Fsp3) is 0.900. The number of nitrogens with two attached hydrogens (primary N) is 1. The molecule has 0 saturated carbocycles. The average Bonchev–Trinajstić information content (AvgIpc) is 2.59. The van der Waals surface area contributed by atoms with Crippen LogP contribution in [0.3, 0.4) is 0 Å². The maximum absolute atomic E-state index is 11.7. The Kier molecular flexibility index (Phi) is 22.9. The van der Waals surface area contributed by atoms with Crippen molar-refractivity contribution in [2.75, 3.05) is 6.54 Å². The number of hydrogen-bond donors (Lipinski definition) is 3. The molecule has 0 aliphatic heterocycles. The van der Waals surface area contributed by atoms with E-state index in [4.69, 9.17) is 10.8 Å². The Morgan fingerprint density at radius 3 is 1.88 bits per heavy atom. The zero-order valence-electron chi connectivity index (χ0n) is 18.2. The number of amides is 1. The molecule has 0 radical (unpaired) electrons. The van der Waals surface area contributed by atoms with E-state index in [1.807, 2.05) is 0 Å². The van der Waals surface area contributed by atoms with Crippen molar-refractivity contribution in [1.82, 2.24) is 5.32 Å². The second kappa shape index (κ2) is 21.2. The van der Waals surface area contributed by atoms with Crippen LogP contribution in [0.1, 0.15) is 105 Å². The smallest absolute Gasteiger partial charge is 1.00 e. The van der Waals surface area contributed by atoms with Crippen LogP contribution in [0.25, 0.3) is 0 Å². The summed E-state index contributed by atoms with van der Waals surface area (Å²) in [6.07, 6.45) is 16.7. The summed E-state index contributed by atoms with van der Waals surface area (Å²) in [6, 6.07) is -0.785. The molecule has 0 heterocycles. The Bertz CT molecular complexity index is 347. The molecule has 0 fully saturated rings. The second-order valence-corrected chi connectivity index (χ2v) is 7.08. The Morgan fingerprint density at radius 1 is 0.885 bits per heavy atom. The van der Waals surface area contributed by atoms with Crippen molar-refractivity contribution in [3.63, 3.8) is 0 Å². The third-order valence-corrected chi connectivity index (χ3v) is 4.59. The van der Waals surface area contributed by atoms with E-state index in [9.17, 15) is 9.59 Å². The second-order valence-electron chi connectivity index (χ2n) is 7.08. The number of carboxylic acid groups (broad SMARTS) is 1. The summed E-state index contributed by atoms with van der Waals surface area (Å²) in [6.45, 7) is 2.86. The number of carbonyl (C=O) groups is 2. The van der Waals surface area contributed by atoms with Gasteiger partial charge in [-0.15, -0.1) is 0 Å². The van der Waals surface area contributed by atoms with Gasteiger partial charge in [0.15, 0.2) is 0 Å². The fourth-order valence-electron chi connectivity index (χ4n) is 2.88. The molecule has 1 atom stereocenters. The van der Waals surface area contributed by atoms with Gasteiger partial charge in [-0.2, -0.15) is 0 Å². The van der Waals surface area contributed by atoms with Gasteiger partial charge in [0.25, 0.3) is 0 Å². The van der Waals surface area contributed by atoms with Crippen LogP contribution < -0.4 is 40.6 Å². The van der Waals surface area contributed by atoms with E-state index in [0.717, 1.165) is 25.7 Å². The summed E-state index contributed by atoms with van der Waals surface area (Å²) in [5.74, 6) is -0.848. The number of rotatable bonds is 18. The van der Waals surface area contributed by atoms with Crippen molar-refractivity contribution in [3.8, 4) is 0 Å². The van der Waals surface area contributed by atoms with E-state index in [-0.39, 0.29) is 36.9 Å². The number of nitrogens with one attached hydrogen (secondary N) is 1. The molecule has 0 aromatic rings. The minimum Gasteiger partial charge on any atom is -1.00 e. The summed E-state index contributed by atoms with van der Waals surface area (Å²) < 4.78 is 0. The molecule has 5 nitrogen and oxygen atoms in total. The van der Waals surface area contributed by atoms with Gasteiger partial charge in [-0.25, -0.2) is 0 Å². The minimum atomic E-state index is -0.958. The maximum atomic E-state index is 11.7. The number of aliphatic carboxylic acids is 1. The molecule has 0 aliphatic rings. The van der Waals surface area contributed by atoms with Gasteiger partial charge in [-0.1, -0.05) is 71.1 Å². The van der Waals surface area contributed by atoms with Crippen LogP contribution in [0.2, 0.25) is 0 Å². The third kappa shape index (κ3) is 20.2. The molecular weight excluding hydrogens is 339 g/mol. The van der Waals surface area contributed by atoms with E-state index < -0.39 is 12.0 Å². The zero-order valence-corrected chi connectivity index (χ0v) is 19.2. The summed E-state index contributed by atoms with van der Waals surface area (Å²) >= 11 is 0. The predicted molar refractivity (Wildman–Crippen MR) is 105 cm³/mol. The average molecular weight is 381 g/mol. The minimum absolute atomic E-state index is 0. The van der Waals surface area contributed by atoms with Crippen molar-refractivity contribution in [1.29, 1.82) is 0 Å². The topological polar surface area (TPSA) is 92.4 Å². The Hall–Kier alpha value is -0.100. The van der Waals surface area contributed by atoms with Crippen molar-refractivity contribution < 1.29 is 45.7 Å². The molecule has 26 heavy (non-hydrogen) atoms. The SMILES string of the molecule is CCCCCCCCCCCCCC(=O)NCCCC[C@H](N)C(=O)O.[H-].[Na+]. The van der Waals surface area contributed by atoms with Crippen molar-refractivity contribution in [2.45, 2.75) is 109 Å². The first-order valence-electron chi connectivity index (χ1n) is 10.3. The molecule has 0 bridgehead atoms. The van der Waals surface area contributed by atoms with E-state index in [1.54, 1.807) is 0 Å². The molecule has 0 aliphatic carbocycles. The van der Waals surface area contributed by atoms with Crippen molar-refractivity contribution >= 4 is 11.9 Å². The van der Waals surface area contributed by atoms with E-state index >= 15 is 0 Å². The fourth-order valence-corrected chi connectivity index (χ4v) is 2.88. The van der Waals surface area contributed by atoms with E-state index in [2.05, 4.69) is 12.2 Å². The number of hydrogen-bond acceptors (Lipinski definition) is 3. The monoisotopic (exact) mass is 380 g/mol. The van der Waals surface area contributed by atoms with Crippen LogP contribution in [0.4, 0.5) is 0 Å². The van der Waals surface area contributed by atoms with Gasteiger partial charge in [0.05, 0.1) is 0 Å². The molecule has 150 valence electrons. The molecule has 6 heteroatoms. The molecule has 0 saturated heterocycles. The molecule has 1 amide bonds. The van der Waals surface area contributed by atoms with Gasteiger partial charge in [-0.05, 0) is 25.7 Å². The first-order chi connectivity index (χ1) is 12.1. The quantitative estimate of drug-likeness (QED) is 0.248. The van der Waals surface area contributed by atoms with Crippen LogP contribution in [0.15, 0.2) is 0 Å². The Balaban J connectivity index is -0.00000288. The van der Waals surface area contributed by atoms with Crippen LogP contribution in [0, 0.1) is 0 Å². The normalized spacial score (nSPS) is 11.6. The summed E-state index contributed by atoms with van der Waals surface area (Å²) in [5, 5.41) is 11.6. The predicted octanol–water partition coefficient (Wildman–Crippen LogP) is 1.50. The van der Waals surface area contributed by atoms with Crippen LogP contribution in [0.5, 0.6) is 0 Å². The molecule has 0 unspecified atom stereocenters. The Morgan fingerprint density at radius 2 is 1.38 bits per heavy atom. The molecular formula is C20H41N2NaO3. The first-order valence-corrected chi connectivity index (χ1v) is 10.3. The van der Waals surface area contributed by atoms with Gasteiger partial charge in [-0.3, -0.25) is 9.59 Å². The number of carbonyl (C=O) groups excluding carboxylic acids is 1. The third-order valence-electron chi connectivity index (χ3n) is 4.59. The van der Waals surface area contributed by atoms with Gasteiger partial charge in [0.2, 0.25) is 5.91 Å². The molecule has 0 rings (SSSR count). The summed E-state index contributed by atoms with van der Waals surface area (Å²) in [4.78, 5) is 22.2. The first kappa shape index (κ1) is 28.1. The van der Waals surface area contributed by atoms with Crippen molar-refractivity contribution in [3.05, 3.63) is 0 Å². The molecule has 0 spiro atoms. The van der Waals surface area contributed by atoms with E-state index in [0.29, 0.717) is 19.4 Å². The van der Waals surface area contributed by atoms with Crippen molar-refractivity contribution in [2.24, 2.45) is 5.73 Å². The van der Waals surface area contributed by atoms with Crippen LogP contribution in [-0.2, 0) is 9.59 Å². The van der Waals surface area contributed by atoms with Gasteiger partial charge in [0.1, 0.15) is 6.04 Å². The zero-order chi connectivity index (χ0) is 18.8. The number of unbranched alkanes of at least 4 members (excludes halogenated alkanes) is 11. The van der Waals surface area contributed by atoms with Gasteiger partial charge < -0.3 is 17.6 Å². The molecule has 0 aromatic carbocycles. The standard InChI is InChI=1S/C20H40N2O3.Na.H/c1-2-3-4-5-6-7-8-9-10-11-12-16-19(23)22-17-14-13-15-18(21)20(24)25;;/h18H,2-17,21H2,1H3,(H,22,23)(H,24,25);;/q;+1;-1/t18-;;/m0../s1.